The topological polar surface area (TPSA) is 88.5 Å². The van der Waals surface area contributed by atoms with E-state index in [4.69, 9.17) is 10.3 Å². The first kappa shape index (κ1) is 14.8. The number of aromatic nitrogens is 2. The van der Waals surface area contributed by atoms with Gasteiger partial charge in [0, 0.05) is 33.6 Å². The fourth-order valence-electron chi connectivity index (χ4n) is 2.38. The average Bonchev–Trinajstić information content (AvgIpc) is 2.88. The largest absolute Gasteiger partial charge is 0.339 e. The van der Waals surface area contributed by atoms with Gasteiger partial charge < -0.3 is 20.1 Å². The minimum absolute atomic E-state index is 0.0202. The van der Waals surface area contributed by atoms with E-state index in [0.717, 1.165) is 12.8 Å². The summed E-state index contributed by atoms with van der Waals surface area (Å²) in [6.45, 7) is 3.30. The molecule has 0 radical (unpaired) electrons. The normalized spacial score (nSPS) is 18.1. The lowest BCUT2D eigenvalue weighted by atomic mass is 9.88. The third kappa shape index (κ3) is 2.92. The van der Waals surface area contributed by atoms with Crippen LogP contribution in [0.3, 0.4) is 0 Å². The molecule has 1 saturated heterocycles. The molecule has 0 atom stereocenters. The van der Waals surface area contributed by atoms with Crippen LogP contribution in [-0.4, -0.2) is 53.2 Å². The smallest absolute Gasteiger partial charge is 0.319 e. The number of amides is 2. The van der Waals surface area contributed by atoms with E-state index in [-0.39, 0.29) is 6.03 Å². The number of nitrogens with two attached hydrogens (primary N) is 1. The Morgan fingerprint density at radius 1 is 1.45 bits per heavy atom. The van der Waals surface area contributed by atoms with E-state index < -0.39 is 5.54 Å². The van der Waals surface area contributed by atoms with Crippen LogP contribution in [0.2, 0.25) is 0 Å². The highest BCUT2D eigenvalue weighted by Gasteiger charge is 2.38. The predicted molar refractivity (Wildman–Crippen MR) is 74.0 cm³/mol. The summed E-state index contributed by atoms with van der Waals surface area (Å²) >= 11 is 0. The van der Waals surface area contributed by atoms with Crippen molar-refractivity contribution in [3.05, 3.63) is 11.7 Å². The first-order valence-corrected chi connectivity index (χ1v) is 7.04. The molecule has 1 aromatic rings. The fraction of sp³-hybridized carbons (Fsp3) is 0.769. The van der Waals surface area contributed by atoms with E-state index in [0.29, 0.717) is 37.6 Å². The van der Waals surface area contributed by atoms with Gasteiger partial charge in [0.05, 0.1) is 5.54 Å². The van der Waals surface area contributed by atoms with Gasteiger partial charge in [-0.15, -0.1) is 0 Å². The Hall–Kier alpha value is -1.63. The summed E-state index contributed by atoms with van der Waals surface area (Å²) in [5.74, 6) is 1.21. The zero-order valence-corrected chi connectivity index (χ0v) is 12.4. The molecular weight excluding hydrogens is 258 g/mol. The van der Waals surface area contributed by atoms with Gasteiger partial charge in [-0.05, 0) is 19.3 Å². The molecule has 1 aromatic heterocycles. The first-order valence-electron chi connectivity index (χ1n) is 7.04. The van der Waals surface area contributed by atoms with Crippen LogP contribution in [0.1, 0.15) is 37.9 Å². The molecule has 1 fully saturated rings. The van der Waals surface area contributed by atoms with Gasteiger partial charge in [0.15, 0.2) is 5.82 Å². The van der Waals surface area contributed by atoms with E-state index in [9.17, 15) is 4.79 Å². The molecule has 2 rings (SSSR count). The lowest BCUT2D eigenvalue weighted by Gasteiger charge is -2.38. The van der Waals surface area contributed by atoms with E-state index in [1.165, 1.54) is 0 Å². The van der Waals surface area contributed by atoms with Crippen molar-refractivity contribution in [1.82, 2.24) is 19.9 Å². The third-order valence-electron chi connectivity index (χ3n) is 3.69. The van der Waals surface area contributed by atoms with Crippen molar-refractivity contribution in [2.24, 2.45) is 5.73 Å². The van der Waals surface area contributed by atoms with Crippen LogP contribution >= 0.6 is 0 Å². The maximum Gasteiger partial charge on any atom is 0.319 e. The van der Waals surface area contributed by atoms with Gasteiger partial charge in [0.2, 0.25) is 5.89 Å². The molecule has 0 unspecified atom stereocenters. The molecule has 0 aromatic carbocycles. The van der Waals surface area contributed by atoms with Crippen molar-refractivity contribution in [1.29, 1.82) is 0 Å². The summed E-state index contributed by atoms with van der Waals surface area (Å²) in [6, 6.07) is 0.0202. The lowest BCUT2D eigenvalue weighted by Crippen LogP contribution is -2.52. The van der Waals surface area contributed by atoms with Crippen molar-refractivity contribution < 1.29 is 9.32 Å². The van der Waals surface area contributed by atoms with Gasteiger partial charge in [0.1, 0.15) is 0 Å². The summed E-state index contributed by atoms with van der Waals surface area (Å²) in [4.78, 5) is 19.7. The molecule has 0 bridgehead atoms. The maximum absolute atomic E-state index is 11.9. The summed E-state index contributed by atoms with van der Waals surface area (Å²) in [6.07, 6.45) is 3.04. The maximum atomic E-state index is 11.9. The van der Waals surface area contributed by atoms with Crippen LogP contribution in [0.15, 0.2) is 4.52 Å². The number of urea groups is 1. The summed E-state index contributed by atoms with van der Waals surface area (Å²) < 4.78 is 5.21. The number of hydrogen-bond donors (Lipinski definition) is 1. The number of likely N-dealkylation sites (tertiary alicyclic amines) is 1. The standard InChI is InChI=1S/C13H23N5O2/c1-4-5-10-15-11(16-20-10)13(14)6-8-18(9-7-13)12(19)17(2)3/h4-9,14H2,1-3H3. The molecule has 0 saturated carbocycles. The lowest BCUT2D eigenvalue weighted by molar-refractivity contribution is 0.135. The van der Waals surface area contributed by atoms with Crippen LogP contribution in [-0.2, 0) is 12.0 Å². The number of rotatable bonds is 3. The van der Waals surface area contributed by atoms with Crippen molar-refractivity contribution in [3.63, 3.8) is 0 Å². The van der Waals surface area contributed by atoms with E-state index >= 15 is 0 Å². The molecule has 2 amide bonds. The van der Waals surface area contributed by atoms with Gasteiger partial charge in [-0.2, -0.15) is 4.98 Å². The van der Waals surface area contributed by atoms with E-state index in [2.05, 4.69) is 17.1 Å². The zero-order valence-electron chi connectivity index (χ0n) is 12.4. The second-order valence-electron chi connectivity index (χ2n) is 5.58. The Kier molecular flexibility index (Phi) is 4.27. The molecule has 2 N–H and O–H groups in total. The van der Waals surface area contributed by atoms with Crippen molar-refractivity contribution >= 4 is 6.03 Å². The van der Waals surface area contributed by atoms with Crippen molar-refractivity contribution in [3.8, 4) is 0 Å². The number of carbonyl (C=O) groups is 1. The highest BCUT2D eigenvalue weighted by Crippen LogP contribution is 2.28. The Labute approximate surface area is 119 Å². The molecule has 20 heavy (non-hydrogen) atoms. The quantitative estimate of drug-likeness (QED) is 0.891. The SMILES string of the molecule is CCCc1nc(C2(N)CCN(C(=O)N(C)C)CC2)no1. The zero-order chi connectivity index (χ0) is 14.8. The Morgan fingerprint density at radius 2 is 2.10 bits per heavy atom. The van der Waals surface area contributed by atoms with Crippen LogP contribution in [0, 0.1) is 0 Å². The fourth-order valence-corrected chi connectivity index (χ4v) is 2.38. The van der Waals surface area contributed by atoms with Crippen LogP contribution in [0.25, 0.3) is 0 Å². The average molecular weight is 281 g/mol. The molecular formula is C13H23N5O2. The monoisotopic (exact) mass is 281 g/mol. The van der Waals surface area contributed by atoms with Gasteiger partial charge in [-0.3, -0.25) is 0 Å². The van der Waals surface area contributed by atoms with E-state index in [1.54, 1.807) is 23.9 Å². The number of hydrogen-bond acceptors (Lipinski definition) is 5. The van der Waals surface area contributed by atoms with Gasteiger partial charge >= 0.3 is 6.03 Å². The van der Waals surface area contributed by atoms with E-state index in [1.807, 2.05) is 0 Å². The minimum Gasteiger partial charge on any atom is -0.339 e. The molecule has 1 aliphatic heterocycles. The predicted octanol–water partition coefficient (Wildman–Crippen LogP) is 0.953. The minimum atomic E-state index is -0.585. The Morgan fingerprint density at radius 3 is 2.65 bits per heavy atom. The highest BCUT2D eigenvalue weighted by atomic mass is 16.5. The van der Waals surface area contributed by atoms with Crippen LogP contribution in [0.5, 0.6) is 0 Å². The van der Waals surface area contributed by atoms with Crippen LogP contribution in [0.4, 0.5) is 4.79 Å². The molecule has 112 valence electrons. The first-order chi connectivity index (χ1) is 9.46. The summed E-state index contributed by atoms with van der Waals surface area (Å²) in [5.41, 5.74) is 5.81. The Balaban J connectivity index is 2.01. The molecule has 1 aliphatic rings. The number of aryl methyl sites for hydroxylation is 1. The molecule has 0 spiro atoms. The van der Waals surface area contributed by atoms with Gasteiger partial charge in [-0.25, -0.2) is 4.79 Å². The van der Waals surface area contributed by atoms with Crippen molar-refractivity contribution in [2.75, 3.05) is 27.2 Å². The van der Waals surface area contributed by atoms with Gasteiger partial charge in [-0.1, -0.05) is 12.1 Å². The van der Waals surface area contributed by atoms with Crippen LogP contribution < -0.4 is 5.73 Å². The van der Waals surface area contributed by atoms with Crippen molar-refractivity contribution in [2.45, 2.75) is 38.1 Å². The molecule has 2 heterocycles. The second kappa shape index (κ2) is 5.78. The third-order valence-corrected chi connectivity index (χ3v) is 3.69. The number of carbonyl (C=O) groups excluding carboxylic acids is 1. The number of nitrogens with zero attached hydrogens (tertiary/aromatic N) is 4. The highest BCUT2D eigenvalue weighted by molar-refractivity contribution is 5.73. The summed E-state index contributed by atoms with van der Waals surface area (Å²) in [7, 11) is 3.51. The number of piperidine rings is 1. The molecule has 0 aliphatic carbocycles. The Bertz CT molecular complexity index is 463. The second-order valence-corrected chi connectivity index (χ2v) is 5.58. The molecule has 7 nitrogen and oxygen atoms in total. The summed E-state index contributed by atoms with van der Waals surface area (Å²) in [5, 5.41) is 4.01. The molecule has 7 heteroatoms. The van der Waals surface area contributed by atoms with Gasteiger partial charge in [0.25, 0.3) is 0 Å².